The van der Waals surface area contributed by atoms with Gasteiger partial charge in [-0.05, 0) is 89.7 Å². The van der Waals surface area contributed by atoms with Gasteiger partial charge in [-0.25, -0.2) is 0 Å². The number of rotatable bonds is 4. The molecule has 6 aromatic carbocycles. The lowest BCUT2D eigenvalue weighted by Crippen LogP contribution is -2.25. The molecule has 2 heteroatoms. The van der Waals surface area contributed by atoms with Gasteiger partial charge in [0.1, 0.15) is 6.07 Å². The fourth-order valence-electron chi connectivity index (χ4n) is 7.35. The third kappa shape index (κ3) is 3.43. The molecule has 0 amide bonds. The number of nitriles is 1. The van der Waals surface area contributed by atoms with Crippen LogP contribution in [0.25, 0.3) is 49.7 Å². The summed E-state index contributed by atoms with van der Waals surface area (Å²) in [5.41, 5.74) is 14.4. The van der Waals surface area contributed by atoms with Crippen LogP contribution in [0.2, 0.25) is 0 Å². The normalized spacial score (nSPS) is 13.6. The summed E-state index contributed by atoms with van der Waals surface area (Å²) < 4.78 is 0. The van der Waals surface area contributed by atoms with Crippen molar-refractivity contribution in [2.24, 2.45) is 0 Å². The second-order valence-electron chi connectivity index (χ2n) is 11.3. The molecule has 0 saturated carbocycles. The summed E-state index contributed by atoms with van der Waals surface area (Å²) in [6.07, 6.45) is 2.70. The molecule has 0 aromatic heterocycles. The van der Waals surface area contributed by atoms with E-state index in [2.05, 4.69) is 122 Å². The van der Waals surface area contributed by atoms with Crippen LogP contribution >= 0.6 is 0 Å². The minimum absolute atomic E-state index is 0.280. The summed E-state index contributed by atoms with van der Waals surface area (Å²) in [6, 6.07) is 48.4. The fraction of sp³-hybridized carbons (Fsp3) is 0.0244. The Labute approximate surface area is 251 Å². The van der Waals surface area contributed by atoms with Crippen molar-refractivity contribution in [2.45, 2.75) is 5.41 Å². The lowest BCUT2D eigenvalue weighted by molar-refractivity contribution is 0.794. The van der Waals surface area contributed by atoms with Crippen molar-refractivity contribution in [3.8, 4) is 39.4 Å². The van der Waals surface area contributed by atoms with E-state index in [-0.39, 0.29) is 11.0 Å². The van der Waals surface area contributed by atoms with Gasteiger partial charge < -0.3 is 5.41 Å². The Morgan fingerprint density at radius 3 is 1.95 bits per heavy atom. The average molecular weight is 547 g/mol. The Hall–Kier alpha value is -5.78. The minimum Gasteiger partial charge on any atom is -0.307 e. The Morgan fingerprint density at radius 1 is 0.651 bits per heavy atom. The van der Waals surface area contributed by atoms with Crippen LogP contribution in [-0.2, 0) is 5.41 Å². The zero-order valence-electron chi connectivity index (χ0n) is 23.4. The average Bonchev–Trinajstić information content (AvgIpc) is 3.54. The zero-order chi connectivity index (χ0) is 29.1. The van der Waals surface area contributed by atoms with E-state index in [9.17, 15) is 5.26 Å². The van der Waals surface area contributed by atoms with Crippen LogP contribution in [0.5, 0.6) is 0 Å². The van der Waals surface area contributed by atoms with E-state index >= 15 is 0 Å². The third-order valence-electron chi connectivity index (χ3n) is 9.18. The van der Waals surface area contributed by atoms with Gasteiger partial charge in [-0.1, -0.05) is 128 Å². The topological polar surface area (TPSA) is 47.6 Å². The molecular formula is C41H26N2. The first-order valence-corrected chi connectivity index (χ1v) is 14.4. The molecule has 1 N–H and O–H groups in total. The van der Waals surface area contributed by atoms with Gasteiger partial charge in [0.2, 0.25) is 0 Å². The summed E-state index contributed by atoms with van der Waals surface area (Å²) >= 11 is 0. The first-order valence-electron chi connectivity index (χ1n) is 14.4. The molecule has 6 aromatic rings. The van der Waals surface area contributed by atoms with Crippen LogP contribution in [-0.4, -0.2) is 6.21 Å². The molecule has 0 heterocycles. The number of fused-ring (bicyclic) bond motifs is 12. The molecule has 43 heavy (non-hydrogen) atoms. The molecule has 0 saturated heterocycles. The van der Waals surface area contributed by atoms with Crippen molar-refractivity contribution < 1.29 is 0 Å². The monoisotopic (exact) mass is 546 g/mol. The van der Waals surface area contributed by atoms with Crippen molar-refractivity contribution in [1.29, 1.82) is 10.7 Å². The van der Waals surface area contributed by atoms with E-state index in [1.807, 2.05) is 18.2 Å². The Balaban J connectivity index is 1.36. The van der Waals surface area contributed by atoms with Gasteiger partial charge in [0.25, 0.3) is 0 Å². The van der Waals surface area contributed by atoms with Crippen molar-refractivity contribution in [3.05, 3.63) is 173 Å². The predicted molar refractivity (Wildman–Crippen MR) is 177 cm³/mol. The molecule has 0 fully saturated rings. The maximum atomic E-state index is 9.20. The summed E-state index contributed by atoms with van der Waals surface area (Å²) in [5, 5.41) is 19.1. The van der Waals surface area contributed by atoms with Crippen LogP contribution in [0.3, 0.4) is 0 Å². The molecule has 8 rings (SSSR count). The highest BCUT2D eigenvalue weighted by Crippen LogP contribution is 2.63. The molecule has 2 aliphatic rings. The first-order chi connectivity index (χ1) is 21.1. The molecule has 0 aliphatic heterocycles. The Bertz CT molecular complexity index is 2180. The molecule has 0 unspecified atom stereocenters. The van der Waals surface area contributed by atoms with Crippen molar-refractivity contribution in [1.82, 2.24) is 0 Å². The highest BCUT2D eigenvalue weighted by molar-refractivity contribution is 6.06. The molecule has 0 radical (unpaired) electrons. The number of nitrogens with zero attached hydrogens (tertiary/aromatic N) is 1. The molecule has 2 aliphatic carbocycles. The standard InChI is InChI=1S/C41H26N2/c1-26(22-27(24-42)25-43)28-14-16-29(17-15-28)31-19-20-38-35(23-31)40-32-9-3-2-8-30(32)18-21-39(40)41(38)36-12-6-4-10-33(36)34-11-5-7-13-37(34)41/h2-24,42H,1H2/b27-22+,42-24?. The smallest absolute Gasteiger partial charge is 0.101 e. The molecule has 0 atom stereocenters. The van der Waals surface area contributed by atoms with Crippen molar-refractivity contribution in [2.75, 3.05) is 0 Å². The Kier molecular flexibility index (Phi) is 5.45. The lowest BCUT2D eigenvalue weighted by atomic mass is 9.70. The predicted octanol–water partition coefficient (Wildman–Crippen LogP) is 9.96. The number of nitrogens with one attached hydrogen (secondary N) is 1. The Morgan fingerprint density at radius 2 is 1.26 bits per heavy atom. The second-order valence-corrected chi connectivity index (χ2v) is 11.3. The van der Waals surface area contributed by atoms with Gasteiger partial charge in [-0.2, -0.15) is 5.26 Å². The number of hydrogen-bond acceptors (Lipinski definition) is 2. The second kappa shape index (κ2) is 9.38. The van der Waals surface area contributed by atoms with Crippen LogP contribution in [0.1, 0.15) is 27.8 Å². The van der Waals surface area contributed by atoms with E-state index in [0.717, 1.165) is 22.9 Å². The van der Waals surface area contributed by atoms with Crippen molar-refractivity contribution >= 4 is 22.6 Å². The van der Waals surface area contributed by atoms with E-state index in [4.69, 9.17) is 5.41 Å². The van der Waals surface area contributed by atoms with Gasteiger partial charge in [-0.3, -0.25) is 0 Å². The minimum atomic E-state index is -0.373. The van der Waals surface area contributed by atoms with E-state index < -0.39 is 0 Å². The summed E-state index contributed by atoms with van der Waals surface area (Å²) in [4.78, 5) is 0. The van der Waals surface area contributed by atoms with E-state index in [1.165, 1.54) is 55.3 Å². The van der Waals surface area contributed by atoms with Crippen LogP contribution in [0.15, 0.2) is 146 Å². The van der Waals surface area contributed by atoms with Crippen molar-refractivity contribution in [3.63, 3.8) is 0 Å². The number of hydrogen-bond donors (Lipinski definition) is 1. The first kappa shape index (κ1) is 25.0. The number of benzene rings is 6. The highest BCUT2D eigenvalue weighted by Gasteiger charge is 2.51. The summed E-state index contributed by atoms with van der Waals surface area (Å²) in [5.74, 6) is 0. The van der Waals surface area contributed by atoms with Crippen LogP contribution in [0.4, 0.5) is 0 Å². The third-order valence-corrected chi connectivity index (χ3v) is 9.18. The summed E-state index contributed by atoms with van der Waals surface area (Å²) in [7, 11) is 0. The molecule has 1 spiro atoms. The van der Waals surface area contributed by atoms with E-state index in [0.29, 0.717) is 5.57 Å². The van der Waals surface area contributed by atoms with Crippen LogP contribution < -0.4 is 0 Å². The lowest BCUT2D eigenvalue weighted by Gasteiger charge is -2.30. The largest absolute Gasteiger partial charge is 0.307 e. The maximum Gasteiger partial charge on any atom is 0.101 e. The molecule has 200 valence electrons. The van der Waals surface area contributed by atoms with Gasteiger partial charge in [0.05, 0.1) is 11.0 Å². The quantitative estimate of drug-likeness (QED) is 0.133. The molecular weight excluding hydrogens is 520 g/mol. The zero-order valence-corrected chi connectivity index (χ0v) is 23.4. The highest BCUT2D eigenvalue weighted by atomic mass is 14.5. The fourth-order valence-corrected chi connectivity index (χ4v) is 7.35. The van der Waals surface area contributed by atoms with Gasteiger partial charge in [0, 0.05) is 6.21 Å². The van der Waals surface area contributed by atoms with Gasteiger partial charge >= 0.3 is 0 Å². The van der Waals surface area contributed by atoms with E-state index in [1.54, 1.807) is 6.08 Å². The summed E-state index contributed by atoms with van der Waals surface area (Å²) in [6.45, 7) is 4.11. The van der Waals surface area contributed by atoms with Gasteiger partial charge in [-0.15, -0.1) is 0 Å². The molecule has 2 nitrogen and oxygen atoms in total. The maximum absolute atomic E-state index is 9.20. The number of allylic oxidation sites excluding steroid dienone is 3. The molecule has 0 bridgehead atoms. The van der Waals surface area contributed by atoms with Gasteiger partial charge in [0.15, 0.2) is 0 Å². The van der Waals surface area contributed by atoms with Crippen LogP contribution in [0, 0.1) is 16.7 Å². The SMILES string of the molecule is C=C(/C=C(/C#N)C=N)c1ccc(-c2ccc3c(c2)-c2c(ccc4ccccc24)C32c3ccccc3-c3ccccc32)cc1.